The van der Waals surface area contributed by atoms with Gasteiger partial charge in [-0.1, -0.05) is 24.3 Å². The number of aryl methyl sites for hydroxylation is 1. The van der Waals surface area contributed by atoms with Gasteiger partial charge in [-0.25, -0.2) is 0 Å². The Hall–Kier alpha value is -1.35. The molecule has 1 aromatic carbocycles. The van der Waals surface area contributed by atoms with E-state index in [0.29, 0.717) is 6.54 Å². The van der Waals surface area contributed by atoms with Gasteiger partial charge in [0, 0.05) is 0 Å². The molecular weight excluding hydrogens is 190 g/mol. The van der Waals surface area contributed by atoms with Crippen molar-refractivity contribution in [2.45, 2.75) is 19.4 Å². The molecule has 15 heavy (non-hydrogen) atoms. The maximum absolute atomic E-state index is 11.0. The zero-order valence-electron chi connectivity index (χ0n) is 9.04. The maximum Gasteiger partial charge on any atom is 0.246 e. The van der Waals surface area contributed by atoms with Gasteiger partial charge in [0.15, 0.2) is 0 Å². The van der Waals surface area contributed by atoms with E-state index in [4.69, 9.17) is 4.74 Å². The predicted octanol–water partition coefficient (Wildman–Crippen LogP) is 1.36. The number of benzene rings is 1. The molecule has 0 spiro atoms. The second kappa shape index (κ2) is 3.66. The Morgan fingerprint density at radius 3 is 2.73 bits per heavy atom. The second-order valence-corrected chi connectivity index (χ2v) is 4.11. The van der Waals surface area contributed by atoms with E-state index in [9.17, 15) is 4.79 Å². The minimum atomic E-state index is -0.390. The van der Waals surface area contributed by atoms with Crippen LogP contribution in [0.4, 0.5) is 0 Å². The van der Waals surface area contributed by atoms with Gasteiger partial charge in [-0.3, -0.25) is 4.79 Å². The number of carbonyl (C=O) groups is 1. The molecular formula is C12H15NO2. The number of carbonyl (C=O) groups excluding carboxylic acids is 1. The van der Waals surface area contributed by atoms with Crippen molar-refractivity contribution in [2.75, 3.05) is 13.2 Å². The number of hydrogen-bond acceptors (Lipinski definition) is 2. The van der Waals surface area contributed by atoms with Crippen molar-refractivity contribution in [3.63, 3.8) is 0 Å². The molecule has 0 radical (unpaired) electrons. The van der Waals surface area contributed by atoms with Crippen molar-refractivity contribution in [3.05, 3.63) is 35.4 Å². The highest BCUT2D eigenvalue weighted by molar-refractivity contribution is 5.78. The highest BCUT2D eigenvalue weighted by atomic mass is 16.5. The van der Waals surface area contributed by atoms with Gasteiger partial charge in [-0.15, -0.1) is 0 Å². The summed E-state index contributed by atoms with van der Waals surface area (Å²) < 4.78 is 5.63. The first-order chi connectivity index (χ1) is 7.12. The van der Waals surface area contributed by atoms with E-state index in [1.54, 1.807) is 0 Å². The van der Waals surface area contributed by atoms with Crippen LogP contribution in [0.5, 0.6) is 0 Å². The fourth-order valence-electron chi connectivity index (χ4n) is 1.93. The lowest BCUT2D eigenvalue weighted by molar-refractivity contribution is -0.142. The zero-order valence-corrected chi connectivity index (χ0v) is 9.04. The van der Waals surface area contributed by atoms with E-state index in [1.165, 1.54) is 5.56 Å². The van der Waals surface area contributed by atoms with Crippen molar-refractivity contribution in [2.24, 2.45) is 0 Å². The number of nitrogens with one attached hydrogen (secondary N) is 1. The fraction of sp³-hybridized carbons (Fsp3) is 0.417. The molecule has 2 rings (SSSR count). The average Bonchev–Trinajstić information content (AvgIpc) is 2.23. The van der Waals surface area contributed by atoms with Crippen LogP contribution < -0.4 is 5.32 Å². The quantitative estimate of drug-likeness (QED) is 0.751. The SMILES string of the molecule is Cc1ccccc1C1(C)CNC(=O)CO1. The molecule has 1 N–H and O–H groups in total. The van der Waals surface area contributed by atoms with E-state index >= 15 is 0 Å². The first-order valence-corrected chi connectivity index (χ1v) is 5.08. The second-order valence-electron chi connectivity index (χ2n) is 4.11. The molecule has 1 saturated heterocycles. The van der Waals surface area contributed by atoms with Gasteiger partial charge in [0.2, 0.25) is 5.91 Å². The van der Waals surface area contributed by atoms with E-state index < -0.39 is 0 Å². The topological polar surface area (TPSA) is 38.3 Å². The summed E-state index contributed by atoms with van der Waals surface area (Å²) in [6.07, 6.45) is 0. The summed E-state index contributed by atoms with van der Waals surface area (Å²) >= 11 is 0. The molecule has 1 aliphatic heterocycles. The number of ether oxygens (including phenoxy) is 1. The molecule has 1 aromatic rings. The van der Waals surface area contributed by atoms with Crippen molar-refractivity contribution < 1.29 is 9.53 Å². The standard InChI is InChI=1S/C12H15NO2/c1-9-5-3-4-6-10(9)12(2)8-13-11(14)7-15-12/h3-6H,7-8H2,1-2H3,(H,13,14). The predicted molar refractivity (Wildman–Crippen MR) is 57.5 cm³/mol. The van der Waals surface area contributed by atoms with Crippen LogP contribution in [0.25, 0.3) is 0 Å². The van der Waals surface area contributed by atoms with Crippen LogP contribution in [0.1, 0.15) is 18.1 Å². The molecule has 0 aliphatic carbocycles. The Labute approximate surface area is 89.4 Å². The Balaban J connectivity index is 2.30. The summed E-state index contributed by atoms with van der Waals surface area (Å²) in [5, 5.41) is 2.83. The van der Waals surface area contributed by atoms with Crippen LogP contribution in [0.15, 0.2) is 24.3 Å². The molecule has 0 saturated carbocycles. The molecule has 3 heteroatoms. The normalized spacial score (nSPS) is 26.1. The van der Waals surface area contributed by atoms with Gasteiger partial charge in [0.25, 0.3) is 0 Å². The molecule has 1 unspecified atom stereocenters. The maximum atomic E-state index is 11.0. The molecule has 80 valence electrons. The van der Waals surface area contributed by atoms with Crippen molar-refractivity contribution >= 4 is 5.91 Å². The Kier molecular flexibility index (Phi) is 2.49. The minimum absolute atomic E-state index is 0.0407. The molecule has 1 aliphatic rings. The number of morpholine rings is 1. The zero-order chi connectivity index (χ0) is 10.9. The van der Waals surface area contributed by atoms with Crippen molar-refractivity contribution in [1.82, 2.24) is 5.32 Å². The van der Waals surface area contributed by atoms with Crippen molar-refractivity contribution in [1.29, 1.82) is 0 Å². The number of amides is 1. The summed E-state index contributed by atoms with van der Waals surface area (Å²) in [4.78, 5) is 11.0. The van der Waals surface area contributed by atoms with Gasteiger partial charge in [-0.05, 0) is 25.0 Å². The van der Waals surface area contributed by atoms with Crippen LogP contribution in [0, 0.1) is 6.92 Å². The van der Waals surface area contributed by atoms with E-state index in [1.807, 2.05) is 25.1 Å². The van der Waals surface area contributed by atoms with Crippen LogP contribution >= 0.6 is 0 Å². The van der Waals surface area contributed by atoms with Crippen LogP contribution in [-0.4, -0.2) is 19.1 Å². The lowest BCUT2D eigenvalue weighted by atomic mass is 9.91. The molecule has 0 aromatic heterocycles. The largest absolute Gasteiger partial charge is 0.359 e. The van der Waals surface area contributed by atoms with Gasteiger partial charge in [-0.2, -0.15) is 0 Å². The van der Waals surface area contributed by atoms with Crippen molar-refractivity contribution in [3.8, 4) is 0 Å². The fourth-order valence-corrected chi connectivity index (χ4v) is 1.93. The smallest absolute Gasteiger partial charge is 0.246 e. The van der Waals surface area contributed by atoms with Crippen LogP contribution in [0.2, 0.25) is 0 Å². The Bertz CT molecular complexity index is 377. The highest BCUT2D eigenvalue weighted by Crippen LogP contribution is 2.28. The first-order valence-electron chi connectivity index (χ1n) is 5.08. The molecule has 1 atom stereocenters. The lowest BCUT2D eigenvalue weighted by Gasteiger charge is -2.35. The Morgan fingerprint density at radius 2 is 2.13 bits per heavy atom. The van der Waals surface area contributed by atoms with Gasteiger partial charge >= 0.3 is 0 Å². The van der Waals surface area contributed by atoms with E-state index in [0.717, 1.165) is 5.56 Å². The summed E-state index contributed by atoms with van der Waals surface area (Å²) in [7, 11) is 0. The molecule has 1 heterocycles. The summed E-state index contributed by atoms with van der Waals surface area (Å²) in [6, 6.07) is 8.10. The van der Waals surface area contributed by atoms with Gasteiger partial charge in [0.05, 0.1) is 6.54 Å². The summed E-state index contributed by atoms with van der Waals surface area (Å²) in [5.41, 5.74) is 1.94. The molecule has 0 bridgehead atoms. The van der Waals surface area contributed by atoms with Gasteiger partial charge < -0.3 is 10.1 Å². The average molecular weight is 205 g/mol. The highest BCUT2D eigenvalue weighted by Gasteiger charge is 2.33. The van der Waals surface area contributed by atoms with Crippen LogP contribution in [-0.2, 0) is 15.1 Å². The van der Waals surface area contributed by atoms with Crippen LogP contribution in [0.3, 0.4) is 0 Å². The van der Waals surface area contributed by atoms with E-state index in [2.05, 4.69) is 18.3 Å². The van der Waals surface area contributed by atoms with E-state index in [-0.39, 0.29) is 18.1 Å². The number of rotatable bonds is 1. The molecule has 1 fully saturated rings. The number of hydrogen-bond donors (Lipinski definition) is 1. The first kappa shape index (κ1) is 10.2. The molecule has 3 nitrogen and oxygen atoms in total. The third kappa shape index (κ3) is 1.88. The molecule has 1 amide bonds. The third-order valence-corrected chi connectivity index (χ3v) is 2.86. The summed E-state index contributed by atoms with van der Waals surface area (Å²) in [6.45, 7) is 4.75. The monoisotopic (exact) mass is 205 g/mol. The Morgan fingerprint density at radius 1 is 1.40 bits per heavy atom. The minimum Gasteiger partial charge on any atom is -0.359 e. The lowest BCUT2D eigenvalue weighted by Crippen LogP contribution is -2.49. The third-order valence-electron chi connectivity index (χ3n) is 2.86. The summed E-state index contributed by atoms with van der Waals surface area (Å²) in [5.74, 6) is -0.0407. The van der Waals surface area contributed by atoms with Gasteiger partial charge in [0.1, 0.15) is 12.2 Å².